The van der Waals surface area contributed by atoms with E-state index in [2.05, 4.69) is 10.3 Å². The number of nitrogens with zero attached hydrogens (tertiary/aromatic N) is 1. The second kappa shape index (κ2) is 6.24. The number of nitrogens with one attached hydrogen (secondary N) is 1. The molecule has 4 nitrogen and oxygen atoms in total. The van der Waals surface area contributed by atoms with Gasteiger partial charge in [-0.25, -0.2) is 4.98 Å². The number of rotatable bonds is 4. The summed E-state index contributed by atoms with van der Waals surface area (Å²) in [5.74, 6) is 0.590. The largest absolute Gasteiger partial charge is 0.497 e. The highest BCUT2D eigenvalue weighted by Gasteiger charge is 2.11. The number of hydrogen-bond acceptors (Lipinski definition) is 4. The van der Waals surface area contributed by atoms with Crippen LogP contribution in [-0.2, 0) is 0 Å². The summed E-state index contributed by atoms with van der Waals surface area (Å²) >= 11 is 1.45. The van der Waals surface area contributed by atoms with Crippen LogP contribution in [0.1, 0.15) is 10.4 Å². The van der Waals surface area contributed by atoms with E-state index in [1.54, 1.807) is 49.7 Å². The first kappa shape index (κ1) is 13.4. The molecule has 0 saturated heterocycles. The first-order valence-electron chi connectivity index (χ1n) is 5.69. The minimum atomic E-state index is -0.164. The molecule has 5 heteroatoms. The lowest BCUT2D eigenvalue weighted by Gasteiger charge is -2.08. The zero-order valence-electron chi connectivity index (χ0n) is 10.7. The fraction of sp³-hybridized carbons (Fsp3) is 0.143. The Morgan fingerprint density at radius 1 is 1.26 bits per heavy atom. The minimum absolute atomic E-state index is 0.164. The maximum Gasteiger partial charge on any atom is 0.258 e. The maximum absolute atomic E-state index is 12.2. The second-order valence-corrected chi connectivity index (χ2v) is 4.54. The molecule has 0 fully saturated rings. The molecule has 0 aliphatic heterocycles. The molecule has 0 spiro atoms. The predicted octanol–water partition coefficient (Wildman–Crippen LogP) is 3.06. The maximum atomic E-state index is 12.2. The first-order valence-corrected chi connectivity index (χ1v) is 6.91. The molecule has 0 saturated carbocycles. The number of ether oxygens (including phenoxy) is 1. The van der Waals surface area contributed by atoms with E-state index >= 15 is 0 Å². The number of carbonyl (C=O) groups excluding carboxylic acids is 1. The highest BCUT2D eigenvalue weighted by Crippen LogP contribution is 2.20. The van der Waals surface area contributed by atoms with Gasteiger partial charge in [0.1, 0.15) is 10.8 Å². The van der Waals surface area contributed by atoms with E-state index in [-0.39, 0.29) is 5.91 Å². The van der Waals surface area contributed by atoms with Gasteiger partial charge >= 0.3 is 0 Å². The van der Waals surface area contributed by atoms with Crippen LogP contribution in [0.4, 0.5) is 5.69 Å². The Bertz CT molecular complexity index is 570. The molecule has 19 heavy (non-hydrogen) atoms. The molecule has 1 aromatic heterocycles. The molecular formula is C14H14N2O2S. The summed E-state index contributed by atoms with van der Waals surface area (Å²) in [5, 5.41) is 3.55. The van der Waals surface area contributed by atoms with Crippen molar-refractivity contribution in [2.24, 2.45) is 0 Å². The van der Waals surface area contributed by atoms with E-state index in [1.807, 2.05) is 6.26 Å². The Morgan fingerprint density at radius 3 is 2.63 bits per heavy atom. The van der Waals surface area contributed by atoms with Gasteiger partial charge in [-0.3, -0.25) is 4.79 Å². The first-order chi connectivity index (χ1) is 9.24. The van der Waals surface area contributed by atoms with E-state index in [9.17, 15) is 4.79 Å². The van der Waals surface area contributed by atoms with Gasteiger partial charge in [-0.2, -0.15) is 0 Å². The fourth-order valence-corrected chi connectivity index (χ4v) is 2.15. The second-order valence-electron chi connectivity index (χ2n) is 3.74. The van der Waals surface area contributed by atoms with Gasteiger partial charge in [0.15, 0.2) is 0 Å². The monoisotopic (exact) mass is 274 g/mol. The van der Waals surface area contributed by atoms with Gasteiger partial charge in [0.25, 0.3) is 5.91 Å². The number of thioether (sulfide) groups is 1. The highest BCUT2D eigenvalue weighted by molar-refractivity contribution is 7.98. The van der Waals surface area contributed by atoms with Crippen molar-refractivity contribution in [3.8, 4) is 5.75 Å². The number of hydrogen-bond donors (Lipinski definition) is 1. The molecule has 2 rings (SSSR count). The van der Waals surface area contributed by atoms with Crippen LogP contribution in [0.3, 0.4) is 0 Å². The zero-order chi connectivity index (χ0) is 13.7. The summed E-state index contributed by atoms with van der Waals surface area (Å²) in [7, 11) is 1.61. The number of methoxy groups -OCH3 is 1. The average molecular weight is 274 g/mol. The third kappa shape index (κ3) is 3.26. The molecule has 0 radical (unpaired) electrons. The number of carbonyl (C=O) groups is 1. The van der Waals surface area contributed by atoms with E-state index in [0.29, 0.717) is 10.6 Å². The lowest BCUT2D eigenvalue weighted by Crippen LogP contribution is -2.13. The van der Waals surface area contributed by atoms with Gasteiger partial charge in [-0.1, -0.05) is 0 Å². The zero-order valence-corrected chi connectivity index (χ0v) is 11.5. The van der Waals surface area contributed by atoms with Gasteiger partial charge in [-0.05, 0) is 42.7 Å². The summed E-state index contributed by atoms with van der Waals surface area (Å²) in [6.45, 7) is 0. The van der Waals surface area contributed by atoms with Crippen LogP contribution in [0.25, 0.3) is 0 Å². The normalized spacial score (nSPS) is 10.0. The molecule has 1 aromatic carbocycles. The highest BCUT2D eigenvalue weighted by atomic mass is 32.2. The quantitative estimate of drug-likeness (QED) is 0.871. The van der Waals surface area contributed by atoms with Crippen LogP contribution in [-0.4, -0.2) is 24.3 Å². The van der Waals surface area contributed by atoms with Crippen LogP contribution in [0.15, 0.2) is 47.6 Å². The Hall–Kier alpha value is -2.01. The van der Waals surface area contributed by atoms with E-state index < -0.39 is 0 Å². The van der Waals surface area contributed by atoms with Gasteiger partial charge in [0, 0.05) is 11.9 Å². The van der Waals surface area contributed by atoms with Crippen molar-refractivity contribution in [3.63, 3.8) is 0 Å². The molecule has 1 heterocycles. The molecule has 0 atom stereocenters. The van der Waals surface area contributed by atoms with Gasteiger partial charge in [0.05, 0.1) is 12.7 Å². The third-order valence-electron chi connectivity index (χ3n) is 2.56. The summed E-state index contributed by atoms with van der Waals surface area (Å²) in [6, 6.07) is 10.7. The lowest BCUT2D eigenvalue weighted by molar-refractivity contribution is 0.102. The Morgan fingerprint density at radius 2 is 2.00 bits per heavy atom. The van der Waals surface area contributed by atoms with E-state index in [0.717, 1.165) is 11.4 Å². The summed E-state index contributed by atoms with van der Waals surface area (Å²) < 4.78 is 5.07. The average Bonchev–Trinajstić information content (AvgIpc) is 2.48. The predicted molar refractivity (Wildman–Crippen MR) is 77.0 cm³/mol. The fourth-order valence-electron chi connectivity index (χ4n) is 1.60. The van der Waals surface area contributed by atoms with Crippen molar-refractivity contribution in [2.45, 2.75) is 5.03 Å². The van der Waals surface area contributed by atoms with Crippen LogP contribution >= 0.6 is 11.8 Å². The van der Waals surface area contributed by atoms with Crippen molar-refractivity contribution in [1.29, 1.82) is 0 Å². The molecule has 98 valence electrons. The van der Waals surface area contributed by atoms with Crippen molar-refractivity contribution in [1.82, 2.24) is 4.98 Å². The van der Waals surface area contributed by atoms with E-state index in [4.69, 9.17) is 4.74 Å². The SMILES string of the molecule is COc1ccc(NC(=O)c2cccnc2SC)cc1. The van der Waals surface area contributed by atoms with Crippen LogP contribution in [0, 0.1) is 0 Å². The Balaban J connectivity index is 2.16. The summed E-state index contributed by atoms with van der Waals surface area (Å²) in [6.07, 6.45) is 3.57. The van der Waals surface area contributed by atoms with Crippen molar-refractivity contribution < 1.29 is 9.53 Å². The number of pyridine rings is 1. The van der Waals surface area contributed by atoms with Gasteiger partial charge in [0.2, 0.25) is 0 Å². The van der Waals surface area contributed by atoms with Crippen molar-refractivity contribution in [3.05, 3.63) is 48.2 Å². The molecule has 0 bridgehead atoms. The Labute approximate surface area is 116 Å². The molecule has 0 unspecified atom stereocenters. The topological polar surface area (TPSA) is 51.2 Å². The van der Waals surface area contributed by atoms with Gasteiger partial charge in [-0.15, -0.1) is 11.8 Å². The molecular weight excluding hydrogens is 260 g/mol. The van der Waals surface area contributed by atoms with Crippen LogP contribution < -0.4 is 10.1 Å². The summed E-state index contributed by atoms with van der Waals surface area (Å²) in [5.41, 5.74) is 1.30. The Kier molecular flexibility index (Phi) is 4.41. The number of anilines is 1. The lowest BCUT2D eigenvalue weighted by atomic mass is 10.2. The number of aromatic nitrogens is 1. The number of amides is 1. The van der Waals surface area contributed by atoms with Gasteiger partial charge < -0.3 is 10.1 Å². The number of benzene rings is 1. The van der Waals surface area contributed by atoms with Crippen LogP contribution in [0.2, 0.25) is 0 Å². The van der Waals surface area contributed by atoms with Crippen LogP contribution in [0.5, 0.6) is 5.75 Å². The molecule has 1 amide bonds. The molecule has 0 aliphatic rings. The molecule has 0 aliphatic carbocycles. The third-order valence-corrected chi connectivity index (χ3v) is 3.27. The summed E-state index contributed by atoms with van der Waals surface area (Å²) in [4.78, 5) is 16.3. The standard InChI is InChI=1S/C14H14N2O2S/c1-18-11-7-5-10(6-8-11)16-13(17)12-4-3-9-15-14(12)19-2/h3-9H,1-2H3,(H,16,17). The van der Waals surface area contributed by atoms with Crippen molar-refractivity contribution >= 4 is 23.4 Å². The van der Waals surface area contributed by atoms with E-state index in [1.165, 1.54) is 11.8 Å². The minimum Gasteiger partial charge on any atom is -0.497 e. The smallest absolute Gasteiger partial charge is 0.258 e. The molecule has 2 aromatic rings. The van der Waals surface area contributed by atoms with Crippen molar-refractivity contribution in [2.75, 3.05) is 18.7 Å². The molecule has 1 N–H and O–H groups in total.